The lowest BCUT2D eigenvalue weighted by molar-refractivity contribution is -0.384. The molecule has 2 aromatic carbocycles. The fraction of sp³-hybridized carbons (Fsp3) is 0.125. The highest BCUT2D eigenvalue weighted by Crippen LogP contribution is 2.34. The average molecular weight is 365 g/mol. The van der Waals surface area contributed by atoms with Crippen LogP contribution < -0.4 is 5.32 Å². The number of nitro benzene ring substituents is 1. The van der Waals surface area contributed by atoms with Gasteiger partial charge in [-0.2, -0.15) is 0 Å². The fourth-order valence-electron chi connectivity index (χ4n) is 2.27. The highest BCUT2D eigenvalue weighted by Gasteiger charge is 2.24. The van der Waals surface area contributed by atoms with E-state index in [-0.39, 0.29) is 21.8 Å². The molecule has 0 saturated heterocycles. The van der Waals surface area contributed by atoms with Gasteiger partial charge < -0.3 is 15.5 Å². The van der Waals surface area contributed by atoms with E-state index in [0.717, 1.165) is 12.1 Å². The molecular formula is C16H13ClN2O6. The van der Waals surface area contributed by atoms with Gasteiger partial charge in [-0.05, 0) is 30.7 Å². The molecule has 1 unspecified atom stereocenters. The SMILES string of the molecule is CC(Nc1c(C(=O)O)cc(Cl)cc1[N+](=O)[O-])c1ccc(C(=O)O)cc1. The Hall–Kier alpha value is -3.13. The first kappa shape index (κ1) is 18.2. The van der Waals surface area contributed by atoms with E-state index in [1.54, 1.807) is 19.1 Å². The third-order valence-corrected chi connectivity index (χ3v) is 3.75. The number of carboxylic acid groups (broad SMARTS) is 2. The van der Waals surface area contributed by atoms with Crippen LogP contribution in [0.15, 0.2) is 36.4 Å². The minimum atomic E-state index is -1.36. The lowest BCUT2D eigenvalue weighted by Gasteiger charge is -2.18. The lowest BCUT2D eigenvalue weighted by atomic mass is 10.0. The number of rotatable bonds is 6. The minimum Gasteiger partial charge on any atom is -0.478 e. The van der Waals surface area contributed by atoms with Gasteiger partial charge in [0.1, 0.15) is 5.69 Å². The van der Waals surface area contributed by atoms with Crippen molar-refractivity contribution in [2.24, 2.45) is 0 Å². The van der Waals surface area contributed by atoms with Crippen LogP contribution in [0, 0.1) is 10.1 Å². The second-order valence-electron chi connectivity index (χ2n) is 5.20. The standard InChI is InChI=1S/C16H13ClN2O6/c1-8(9-2-4-10(5-3-9)15(20)21)18-14-12(16(22)23)6-11(17)7-13(14)19(24)25/h2-8,18H,1H3,(H,20,21)(H,22,23). The van der Waals surface area contributed by atoms with Crippen molar-refractivity contribution in [2.75, 3.05) is 5.32 Å². The topological polar surface area (TPSA) is 130 Å². The number of nitrogens with one attached hydrogen (secondary N) is 1. The number of carbonyl (C=O) groups is 2. The van der Waals surface area contributed by atoms with Crippen LogP contribution in [0.25, 0.3) is 0 Å². The van der Waals surface area contributed by atoms with Crippen LogP contribution in [0.2, 0.25) is 5.02 Å². The van der Waals surface area contributed by atoms with Crippen LogP contribution in [-0.2, 0) is 0 Å². The Morgan fingerprint density at radius 3 is 2.24 bits per heavy atom. The molecule has 0 aliphatic heterocycles. The first-order chi connectivity index (χ1) is 11.7. The molecule has 0 fully saturated rings. The van der Waals surface area contributed by atoms with Crippen molar-refractivity contribution < 1.29 is 24.7 Å². The number of carboxylic acids is 2. The number of nitro groups is 1. The summed E-state index contributed by atoms with van der Waals surface area (Å²) in [5.74, 6) is -2.44. The molecule has 3 N–H and O–H groups in total. The summed E-state index contributed by atoms with van der Waals surface area (Å²) in [6.45, 7) is 1.67. The molecule has 0 heterocycles. The quantitative estimate of drug-likeness (QED) is 0.524. The third-order valence-electron chi connectivity index (χ3n) is 3.53. The van der Waals surface area contributed by atoms with E-state index in [2.05, 4.69) is 5.32 Å². The number of hydrogen-bond acceptors (Lipinski definition) is 5. The minimum absolute atomic E-state index is 0.0619. The molecule has 0 aliphatic carbocycles. The number of hydrogen-bond donors (Lipinski definition) is 3. The Morgan fingerprint density at radius 1 is 1.16 bits per heavy atom. The van der Waals surface area contributed by atoms with Gasteiger partial charge in [-0.1, -0.05) is 23.7 Å². The van der Waals surface area contributed by atoms with Crippen LogP contribution >= 0.6 is 11.6 Å². The highest BCUT2D eigenvalue weighted by molar-refractivity contribution is 6.31. The van der Waals surface area contributed by atoms with E-state index in [0.29, 0.717) is 5.56 Å². The van der Waals surface area contributed by atoms with Crippen LogP contribution in [0.1, 0.15) is 39.2 Å². The van der Waals surface area contributed by atoms with E-state index in [9.17, 15) is 24.8 Å². The maximum atomic E-state index is 11.4. The van der Waals surface area contributed by atoms with E-state index in [4.69, 9.17) is 16.7 Å². The van der Waals surface area contributed by atoms with E-state index >= 15 is 0 Å². The number of aromatic carboxylic acids is 2. The van der Waals surface area contributed by atoms with Crippen molar-refractivity contribution >= 4 is 34.9 Å². The van der Waals surface area contributed by atoms with Gasteiger partial charge in [0.15, 0.2) is 0 Å². The molecule has 25 heavy (non-hydrogen) atoms. The summed E-state index contributed by atoms with van der Waals surface area (Å²) < 4.78 is 0. The van der Waals surface area contributed by atoms with Crippen LogP contribution in [0.3, 0.4) is 0 Å². The van der Waals surface area contributed by atoms with Crippen molar-refractivity contribution in [1.82, 2.24) is 0 Å². The Bertz CT molecular complexity index is 815. The zero-order valence-electron chi connectivity index (χ0n) is 12.9. The van der Waals surface area contributed by atoms with Crippen molar-refractivity contribution in [3.8, 4) is 0 Å². The molecule has 1 atom stereocenters. The van der Waals surface area contributed by atoms with E-state index in [1.165, 1.54) is 12.1 Å². The predicted molar refractivity (Wildman–Crippen MR) is 90.5 cm³/mol. The summed E-state index contributed by atoms with van der Waals surface area (Å²) in [5.41, 5.74) is -0.228. The van der Waals surface area contributed by atoms with Gasteiger partial charge in [0.2, 0.25) is 0 Å². The van der Waals surface area contributed by atoms with Crippen molar-refractivity contribution in [3.05, 3.63) is 68.2 Å². The molecule has 2 aromatic rings. The van der Waals surface area contributed by atoms with Gasteiger partial charge in [0.25, 0.3) is 5.69 Å². The average Bonchev–Trinajstić information content (AvgIpc) is 2.55. The largest absolute Gasteiger partial charge is 0.478 e. The number of halogens is 1. The molecular weight excluding hydrogens is 352 g/mol. The van der Waals surface area contributed by atoms with Gasteiger partial charge in [-0.3, -0.25) is 10.1 Å². The van der Waals surface area contributed by atoms with Gasteiger partial charge in [-0.25, -0.2) is 9.59 Å². The molecule has 0 saturated carbocycles. The first-order valence-corrected chi connectivity index (χ1v) is 7.39. The summed E-state index contributed by atoms with van der Waals surface area (Å²) in [6.07, 6.45) is 0. The van der Waals surface area contributed by atoms with E-state index in [1.807, 2.05) is 0 Å². The molecule has 0 amide bonds. The molecule has 0 radical (unpaired) electrons. The van der Waals surface area contributed by atoms with E-state index < -0.39 is 28.6 Å². The maximum Gasteiger partial charge on any atom is 0.338 e. The Balaban J connectivity index is 2.42. The molecule has 8 nitrogen and oxygen atoms in total. The summed E-state index contributed by atoms with van der Waals surface area (Å²) >= 11 is 5.76. The molecule has 0 aliphatic rings. The molecule has 0 bridgehead atoms. The van der Waals surface area contributed by atoms with Crippen molar-refractivity contribution in [2.45, 2.75) is 13.0 Å². The summed E-state index contributed by atoms with van der Waals surface area (Å²) in [4.78, 5) is 32.8. The Labute approximate surface area is 146 Å². The predicted octanol–water partition coefficient (Wildman–Crippen LogP) is 3.82. The monoisotopic (exact) mass is 364 g/mol. The molecule has 0 aromatic heterocycles. The normalized spacial score (nSPS) is 11.6. The number of anilines is 1. The second kappa shape index (κ2) is 7.18. The van der Waals surface area contributed by atoms with Crippen LogP contribution in [-0.4, -0.2) is 27.1 Å². The maximum absolute atomic E-state index is 11.4. The molecule has 2 rings (SSSR count). The van der Waals surface area contributed by atoms with Crippen molar-refractivity contribution in [1.29, 1.82) is 0 Å². The highest BCUT2D eigenvalue weighted by atomic mass is 35.5. The summed E-state index contributed by atoms with van der Waals surface area (Å²) in [5, 5.41) is 32.2. The van der Waals surface area contributed by atoms with Gasteiger partial charge >= 0.3 is 11.9 Å². The first-order valence-electron chi connectivity index (χ1n) is 7.01. The zero-order chi connectivity index (χ0) is 18.7. The fourth-order valence-corrected chi connectivity index (χ4v) is 2.48. The Morgan fingerprint density at radius 2 is 1.76 bits per heavy atom. The van der Waals surface area contributed by atoms with Crippen LogP contribution in [0.5, 0.6) is 0 Å². The Kier molecular flexibility index (Phi) is 5.23. The summed E-state index contributed by atoms with van der Waals surface area (Å²) in [6, 6.07) is 7.55. The molecule has 130 valence electrons. The molecule has 9 heteroatoms. The van der Waals surface area contributed by atoms with Crippen molar-refractivity contribution in [3.63, 3.8) is 0 Å². The van der Waals surface area contributed by atoms with Crippen LogP contribution in [0.4, 0.5) is 11.4 Å². The van der Waals surface area contributed by atoms with Gasteiger partial charge in [0, 0.05) is 17.1 Å². The zero-order valence-corrected chi connectivity index (χ0v) is 13.6. The number of benzene rings is 2. The number of nitrogens with zero attached hydrogens (tertiary/aromatic N) is 1. The molecule has 0 spiro atoms. The third kappa shape index (κ3) is 4.04. The van der Waals surface area contributed by atoms with Gasteiger partial charge in [-0.15, -0.1) is 0 Å². The smallest absolute Gasteiger partial charge is 0.338 e. The van der Waals surface area contributed by atoms with Gasteiger partial charge in [0.05, 0.1) is 16.1 Å². The second-order valence-corrected chi connectivity index (χ2v) is 5.64. The lowest BCUT2D eigenvalue weighted by Crippen LogP contribution is -2.13. The summed E-state index contributed by atoms with van der Waals surface area (Å²) in [7, 11) is 0.